The predicted octanol–water partition coefficient (Wildman–Crippen LogP) is 11.7. The van der Waals surface area contributed by atoms with E-state index < -0.39 is 0 Å². The topological polar surface area (TPSA) is 15.7 Å². The van der Waals surface area contributed by atoms with Crippen LogP contribution in [0.4, 0.5) is 28.4 Å². The third-order valence-corrected chi connectivity index (χ3v) is 12.1. The lowest BCUT2D eigenvalue weighted by molar-refractivity contribution is 0.477. The van der Waals surface area contributed by atoms with Crippen LogP contribution in [0.3, 0.4) is 0 Å². The van der Waals surface area contributed by atoms with Crippen molar-refractivity contribution in [2.75, 3.05) is 9.71 Å². The van der Waals surface area contributed by atoms with Crippen molar-refractivity contribution in [3.05, 3.63) is 137 Å². The maximum atomic E-state index is 6.88. The van der Waals surface area contributed by atoms with Gasteiger partial charge in [0, 0.05) is 33.6 Å². The van der Waals surface area contributed by atoms with E-state index in [0.29, 0.717) is 0 Å². The van der Waals surface area contributed by atoms with Gasteiger partial charge in [0.2, 0.25) is 0 Å². The predicted molar refractivity (Wildman–Crippen MR) is 220 cm³/mol. The number of hydrogen-bond acceptors (Lipinski definition) is 3. The van der Waals surface area contributed by atoms with E-state index in [9.17, 15) is 0 Å². The third-order valence-electron chi connectivity index (χ3n) is 12.1. The Balaban J connectivity index is 1.35. The molecule has 52 heavy (non-hydrogen) atoms. The summed E-state index contributed by atoms with van der Waals surface area (Å²) < 4.78 is 6.88. The maximum Gasteiger partial charge on any atom is 0.329 e. The van der Waals surface area contributed by atoms with Gasteiger partial charge in [-0.3, -0.25) is 0 Å². The summed E-state index contributed by atoms with van der Waals surface area (Å²) in [4.78, 5) is 5.10. The van der Waals surface area contributed by atoms with Crippen molar-refractivity contribution < 1.29 is 4.74 Å². The van der Waals surface area contributed by atoms with Crippen molar-refractivity contribution >= 4 is 46.2 Å². The Labute approximate surface area is 309 Å². The van der Waals surface area contributed by atoms with E-state index in [4.69, 9.17) is 4.74 Å². The molecule has 0 N–H and O–H groups in total. The number of benzene rings is 6. The van der Waals surface area contributed by atoms with E-state index in [1.54, 1.807) is 0 Å². The molecular weight excluding hydrogens is 631 g/mol. The van der Waals surface area contributed by atoms with Crippen molar-refractivity contribution in [2.24, 2.45) is 0 Å². The van der Waals surface area contributed by atoms with Crippen molar-refractivity contribution in [1.82, 2.24) is 0 Å². The van der Waals surface area contributed by atoms with Crippen LogP contribution in [0.15, 0.2) is 109 Å². The minimum Gasteiger partial charge on any atom is -0.453 e. The van der Waals surface area contributed by atoms with Crippen LogP contribution < -0.4 is 25.4 Å². The van der Waals surface area contributed by atoms with Gasteiger partial charge in [0.1, 0.15) is 0 Å². The molecule has 0 fully saturated rings. The maximum absolute atomic E-state index is 6.88. The highest BCUT2D eigenvalue weighted by Gasteiger charge is 2.51. The van der Waals surface area contributed by atoms with E-state index in [1.807, 2.05) is 0 Å². The second kappa shape index (κ2) is 10.2. The first kappa shape index (κ1) is 31.5. The number of fused-ring (bicyclic) bond motifs is 8. The van der Waals surface area contributed by atoms with Gasteiger partial charge >= 0.3 is 6.85 Å². The normalized spacial score (nSPS) is 15.6. The molecule has 10 rings (SSSR count). The van der Waals surface area contributed by atoms with Crippen LogP contribution in [-0.4, -0.2) is 6.85 Å². The van der Waals surface area contributed by atoms with E-state index >= 15 is 0 Å². The number of ether oxygens (including phenoxy) is 1. The Hall–Kier alpha value is -5.22. The molecular formula is C48H45BN2O. The molecule has 6 aromatic rings. The van der Waals surface area contributed by atoms with E-state index in [0.717, 1.165) is 28.6 Å². The minimum absolute atomic E-state index is 0.00332. The van der Waals surface area contributed by atoms with Crippen LogP contribution in [0.25, 0.3) is 22.3 Å². The fourth-order valence-corrected chi connectivity index (χ4v) is 9.25. The first-order chi connectivity index (χ1) is 24.7. The molecule has 3 nitrogen and oxygen atoms in total. The zero-order chi connectivity index (χ0) is 36.1. The number of rotatable bonds is 1. The summed E-state index contributed by atoms with van der Waals surface area (Å²) in [5.41, 5.74) is 20.5. The highest BCUT2D eigenvalue weighted by molar-refractivity contribution is 6.92. The fourth-order valence-electron chi connectivity index (χ4n) is 9.25. The van der Waals surface area contributed by atoms with Gasteiger partial charge < -0.3 is 14.4 Å². The van der Waals surface area contributed by atoms with Gasteiger partial charge in [-0.1, -0.05) is 122 Å². The van der Waals surface area contributed by atoms with Gasteiger partial charge in [-0.25, -0.2) is 0 Å². The molecule has 4 aliphatic rings. The summed E-state index contributed by atoms with van der Waals surface area (Å²) in [6.45, 7) is 21.2. The molecule has 6 aromatic carbocycles. The summed E-state index contributed by atoms with van der Waals surface area (Å²) in [7, 11) is 0. The summed E-state index contributed by atoms with van der Waals surface area (Å²) >= 11 is 0. The molecule has 0 aromatic heterocycles. The van der Waals surface area contributed by atoms with Gasteiger partial charge in [0.25, 0.3) is 0 Å². The van der Waals surface area contributed by atoms with Crippen molar-refractivity contribution in [3.63, 3.8) is 0 Å². The monoisotopic (exact) mass is 676 g/mol. The largest absolute Gasteiger partial charge is 0.453 e. The number of hydrogen-bond donors (Lipinski definition) is 0. The smallest absolute Gasteiger partial charge is 0.329 e. The van der Waals surface area contributed by atoms with Gasteiger partial charge in [0.15, 0.2) is 11.5 Å². The average molecular weight is 677 g/mol. The Morgan fingerprint density at radius 3 is 1.79 bits per heavy atom. The lowest BCUT2D eigenvalue weighted by Gasteiger charge is -2.52. The highest BCUT2D eigenvalue weighted by Crippen LogP contribution is 2.60. The second-order valence-electron chi connectivity index (χ2n) is 18.0. The first-order valence-electron chi connectivity index (χ1n) is 18.8. The molecule has 0 aliphatic carbocycles. The Kier molecular flexibility index (Phi) is 6.19. The number of nitrogens with zero attached hydrogens (tertiary/aromatic N) is 2. The van der Waals surface area contributed by atoms with E-state index in [-0.39, 0.29) is 23.1 Å². The summed E-state index contributed by atoms with van der Waals surface area (Å²) in [6.07, 6.45) is 0. The Bertz CT molecular complexity index is 2520. The lowest BCUT2D eigenvalue weighted by Crippen LogP contribution is -2.61. The zero-order valence-corrected chi connectivity index (χ0v) is 31.8. The summed E-state index contributed by atoms with van der Waals surface area (Å²) in [6, 6.07) is 41.1. The number of anilines is 5. The van der Waals surface area contributed by atoms with Crippen LogP contribution in [-0.2, 0) is 16.2 Å². The minimum atomic E-state index is -0.219. The fraction of sp³-hybridized carbons (Fsp3) is 0.250. The Morgan fingerprint density at radius 1 is 0.558 bits per heavy atom. The van der Waals surface area contributed by atoms with Crippen molar-refractivity contribution in [1.29, 1.82) is 0 Å². The molecule has 0 amide bonds. The van der Waals surface area contributed by atoms with E-state index in [2.05, 4.69) is 181 Å². The zero-order valence-electron chi connectivity index (χ0n) is 31.8. The Morgan fingerprint density at radius 2 is 1.15 bits per heavy atom. The van der Waals surface area contributed by atoms with Crippen molar-refractivity contribution in [2.45, 2.75) is 78.6 Å². The molecule has 0 unspecified atom stereocenters. The molecule has 4 aliphatic heterocycles. The molecule has 0 bridgehead atoms. The van der Waals surface area contributed by atoms with Gasteiger partial charge in [-0.15, -0.1) is 0 Å². The molecule has 256 valence electrons. The number of aryl methyl sites for hydroxylation is 1. The standard InChI is InChI=1S/C48H45BN2O/c1-28-19-20-38-32(21-28)34-22-29(46(2,3)4)24-36-44(34)51-45-35(23-30(47(5,6)7)25-37(45)48(36,8)9)33-26-41-43(27-39(33)49(38)51)52-42-18-14-13-17-40(42)50(41)31-15-11-10-12-16-31/h10-27H,1-9H3. The molecule has 0 spiro atoms. The molecule has 0 saturated heterocycles. The van der Waals surface area contributed by atoms with Gasteiger partial charge in [-0.05, 0) is 111 Å². The molecule has 0 saturated carbocycles. The summed E-state index contributed by atoms with van der Waals surface area (Å²) in [5.74, 6) is 1.76. The third kappa shape index (κ3) is 4.21. The van der Waals surface area contributed by atoms with Crippen LogP contribution in [0.5, 0.6) is 11.5 Å². The summed E-state index contributed by atoms with van der Waals surface area (Å²) in [5, 5.41) is 0. The van der Waals surface area contributed by atoms with Crippen LogP contribution in [0.2, 0.25) is 0 Å². The van der Waals surface area contributed by atoms with Gasteiger partial charge in [-0.2, -0.15) is 0 Å². The van der Waals surface area contributed by atoms with Crippen LogP contribution >= 0.6 is 0 Å². The lowest BCUT2D eigenvalue weighted by atomic mass is 9.41. The van der Waals surface area contributed by atoms with Crippen LogP contribution in [0.1, 0.15) is 83.2 Å². The van der Waals surface area contributed by atoms with Crippen LogP contribution in [0, 0.1) is 6.92 Å². The number of para-hydroxylation sites is 3. The molecule has 0 radical (unpaired) electrons. The highest BCUT2D eigenvalue weighted by atomic mass is 16.5. The average Bonchev–Trinajstić information content (AvgIpc) is 3.11. The SMILES string of the molecule is Cc1ccc2c(c1)-c1cc(C(C)(C)C)cc3c1N1B2c2cc4c(cc2-c2cc(C(C)(C)C)cc(c21)C3(C)C)N(c1ccccc1)c1ccccc1O4. The quantitative estimate of drug-likeness (QED) is 0.161. The second-order valence-corrected chi connectivity index (χ2v) is 18.0. The van der Waals surface area contributed by atoms with Crippen molar-refractivity contribution in [3.8, 4) is 33.8 Å². The van der Waals surface area contributed by atoms with E-state index in [1.165, 1.54) is 72.4 Å². The first-order valence-corrected chi connectivity index (χ1v) is 18.8. The van der Waals surface area contributed by atoms with Gasteiger partial charge in [0.05, 0.1) is 11.4 Å². The molecule has 4 heteroatoms. The molecule has 4 heterocycles. The molecule has 0 atom stereocenters.